The average molecular weight is 377 g/mol. The van der Waals surface area contributed by atoms with Crippen LogP contribution in [-0.4, -0.2) is 15.7 Å². The smallest absolute Gasteiger partial charge is 0.276 e. The van der Waals surface area contributed by atoms with Gasteiger partial charge in [-0.2, -0.15) is 5.10 Å². The van der Waals surface area contributed by atoms with E-state index in [-0.39, 0.29) is 5.91 Å². The molecule has 110 valence electrons. The third kappa shape index (κ3) is 3.21. The zero-order valence-corrected chi connectivity index (χ0v) is 13.7. The first-order valence-corrected chi connectivity index (χ1v) is 7.68. The number of para-hydroxylation sites is 1. The molecule has 1 N–H and O–H groups in total. The molecule has 2 aromatic carbocycles. The molecule has 1 aromatic heterocycles. The SMILES string of the molecule is O=C(Nc1ccc(Br)cc1Cl)c1ccn(-c2ccccc2)n1. The molecule has 0 atom stereocenters. The summed E-state index contributed by atoms with van der Waals surface area (Å²) in [5.41, 5.74) is 1.76. The molecular formula is C16H11BrClN3O. The number of benzene rings is 2. The van der Waals surface area contributed by atoms with E-state index < -0.39 is 0 Å². The molecule has 4 nitrogen and oxygen atoms in total. The van der Waals surface area contributed by atoms with Crippen LogP contribution in [0.3, 0.4) is 0 Å². The molecule has 0 radical (unpaired) electrons. The third-order valence-electron chi connectivity index (χ3n) is 3.02. The maximum Gasteiger partial charge on any atom is 0.276 e. The Morgan fingerprint density at radius 2 is 1.91 bits per heavy atom. The first-order chi connectivity index (χ1) is 10.6. The van der Waals surface area contributed by atoms with Crippen molar-refractivity contribution in [3.63, 3.8) is 0 Å². The van der Waals surface area contributed by atoms with Gasteiger partial charge >= 0.3 is 0 Å². The Hall–Kier alpha value is -2.11. The predicted molar refractivity (Wildman–Crippen MR) is 90.7 cm³/mol. The second-order valence-corrected chi connectivity index (χ2v) is 5.88. The number of nitrogens with one attached hydrogen (secondary N) is 1. The molecule has 0 saturated heterocycles. The van der Waals surface area contributed by atoms with Crippen LogP contribution in [0.15, 0.2) is 65.3 Å². The number of aromatic nitrogens is 2. The number of carbonyl (C=O) groups is 1. The summed E-state index contributed by atoms with van der Waals surface area (Å²) in [4.78, 5) is 12.2. The van der Waals surface area contributed by atoms with Gasteiger partial charge in [0.25, 0.3) is 5.91 Å². The van der Waals surface area contributed by atoms with Crippen LogP contribution in [0, 0.1) is 0 Å². The van der Waals surface area contributed by atoms with Crippen molar-refractivity contribution in [2.45, 2.75) is 0 Å². The van der Waals surface area contributed by atoms with Crippen LogP contribution in [0.2, 0.25) is 5.02 Å². The lowest BCUT2D eigenvalue weighted by Crippen LogP contribution is -2.13. The van der Waals surface area contributed by atoms with Gasteiger partial charge in [-0.3, -0.25) is 4.79 Å². The molecule has 3 aromatic rings. The molecule has 0 unspecified atom stereocenters. The fraction of sp³-hybridized carbons (Fsp3) is 0. The zero-order valence-electron chi connectivity index (χ0n) is 11.3. The number of carbonyl (C=O) groups excluding carboxylic acids is 1. The van der Waals surface area contributed by atoms with Gasteiger partial charge in [0.2, 0.25) is 0 Å². The van der Waals surface area contributed by atoms with Crippen molar-refractivity contribution < 1.29 is 4.79 Å². The Kier molecular flexibility index (Phi) is 4.27. The molecule has 1 amide bonds. The second kappa shape index (κ2) is 6.34. The fourth-order valence-corrected chi connectivity index (χ4v) is 2.67. The topological polar surface area (TPSA) is 46.9 Å². The third-order valence-corrected chi connectivity index (χ3v) is 3.83. The van der Waals surface area contributed by atoms with Crippen LogP contribution in [-0.2, 0) is 0 Å². The minimum absolute atomic E-state index is 0.307. The highest BCUT2D eigenvalue weighted by molar-refractivity contribution is 9.10. The Bertz CT molecular complexity index is 817. The minimum Gasteiger partial charge on any atom is -0.319 e. The van der Waals surface area contributed by atoms with Crippen molar-refractivity contribution in [2.75, 3.05) is 5.32 Å². The van der Waals surface area contributed by atoms with E-state index in [1.54, 1.807) is 29.1 Å². The quantitative estimate of drug-likeness (QED) is 0.729. The predicted octanol–water partition coefficient (Wildman–Crippen LogP) is 4.54. The highest BCUT2D eigenvalue weighted by Crippen LogP contribution is 2.26. The van der Waals surface area contributed by atoms with Gasteiger partial charge in [-0.15, -0.1) is 0 Å². The normalized spacial score (nSPS) is 10.5. The van der Waals surface area contributed by atoms with Gasteiger partial charge in [0.05, 0.1) is 16.4 Å². The van der Waals surface area contributed by atoms with E-state index in [0.29, 0.717) is 16.4 Å². The largest absolute Gasteiger partial charge is 0.319 e. The summed E-state index contributed by atoms with van der Waals surface area (Å²) >= 11 is 9.42. The summed E-state index contributed by atoms with van der Waals surface area (Å²) in [5, 5.41) is 7.49. The molecule has 0 bridgehead atoms. The Labute approximate surface area is 140 Å². The molecular weight excluding hydrogens is 366 g/mol. The number of hydrogen-bond acceptors (Lipinski definition) is 2. The van der Waals surface area contributed by atoms with Crippen molar-refractivity contribution in [3.8, 4) is 5.69 Å². The summed E-state index contributed by atoms with van der Waals surface area (Å²) < 4.78 is 2.50. The lowest BCUT2D eigenvalue weighted by molar-refractivity contribution is 0.102. The number of rotatable bonds is 3. The van der Waals surface area contributed by atoms with E-state index in [9.17, 15) is 4.79 Å². The van der Waals surface area contributed by atoms with E-state index >= 15 is 0 Å². The monoisotopic (exact) mass is 375 g/mol. The van der Waals surface area contributed by atoms with E-state index in [4.69, 9.17) is 11.6 Å². The number of hydrogen-bond donors (Lipinski definition) is 1. The van der Waals surface area contributed by atoms with Crippen molar-refractivity contribution >= 4 is 39.1 Å². The Morgan fingerprint density at radius 1 is 1.14 bits per heavy atom. The van der Waals surface area contributed by atoms with Crippen LogP contribution in [0.5, 0.6) is 0 Å². The second-order valence-electron chi connectivity index (χ2n) is 4.56. The summed E-state index contributed by atoms with van der Waals surface area (Å²) in [6.07, 6.45) is 1.74. The van der Waals surface area contributed by atoms with Crippen LogP contribution in [0.4, 0.5) is 5.69 Å². The average Bonchev–Trinajstić information content (AvgIpc) is 3.01. The zero-order chi connectivity index (χ0) is 15.5. The van der Waals surface area contributed by atoms with Gasteiger partial charge in [-0.1, -0.05) is 45.7 Å². The summed E-state index contributed by atoms with van der Waals surface area (Å²) in [6.45, 7) is 0. The Morgan fingerprint density at radius 3 is 2.64 bits per heavy atom. The molecule has 3 rings (SSSR count). The number of halogens is 2. The van der Waals surface area contributed by atoms with Crippen molar-refractivity contribution in [2.24, 2.45) is 0 Å². The molecule has 0 aliphatic rings. The lowest BCUT2D eigenvalue weighted by atomic mass is 10.3. The van der Waals surface area contributed by atoms with Crippen molar-refractivity contribution in [1.82, 2.24) is 9.78 Å². The molecule has 0 fully saturated rings. The Balaban J connectivity index is 1.80. The van der Waals surface area contributed by atoms with E-state index in [2.05, 4.69) is 26.3 Å². The summed E-state index contributed by atoms with van der Waals surface area (Å²) in [7, 11) is 0. The maximum atomic E-state index is 12.2. The molecule has 0 aliphatic heterocycles. The van der Waals surface area contributed by atoms with Gasteiger partial charge in [0.15, 0.2) is 5.69 Å². The molecule has 0 saturated carbocycles. The standard InChI is InChI=1S/C16H11BrClN3O/c17-11-6-7-14(13(18)10-11)19-16(22)15-8-9-21(20-15)12-4-2-1-3-5-12/h1-10H,(H,19,22). The van der Waals surface area contributed by atoms with Crippen molar-refractivity contribution in [1.29, 1.82) is 0 Å². The van der Waals surface area contributed by atoms with Crippen LogP contribution < -0.4 is 5.32 Å². The van der Waals surface area contributed by atoms with Gasteiger partial charge < -0.3 is 5.32 Å². The summed E-state index contributed by atoms with van der Waals surface area (Å²) in [6, 6.07) is 16.5. The number of anilines is 1. The van der Waals surface area contributed by atoms with E-state index in [0.717, 1.165) is 10.2 Å². The van der Waals surface area contributed by atoms with E-state index in [1.807, 2.05) is 36.4 Å². The van der Waals surface area contributed by atoms with Gasteiger partial charge in [-0.05, 0) is 36.4 Å². The fourth-order valence-electron chi connectivity index (χ4n) is 1.95. The molecule has 1 heterocycles. The first kappa shape index (κ1) is 14.8. The van der Waals surface area contributed by atoms with Crippen LogP contribution in [0.1, 0.15) is 10.5 Å². The van der Waals surface area contributed by atoms with Gasteiger partial charge in [0.1, 0.15) is 0 Å². The number of nitrogens with zero attached hydrogens (tertiary/aromatic N) is 2. The molecule has 0 aliphatic carbocycles. The minimum atomic E-state index is -0.307. The molecule has 0 spiro atoms. The van der Waals surface area contributed by atoms with Crippen LogP contribution >= 0.6 is 27.5 Å². The number of amides is 1. The van der Waals surface area contributed by atoms with Gasteiger partial charge in [-0.25, -0.2) is 4.68 Å². The van der Waals surface area contributed by atoms with Crippen LogP contribution in [0.25, 0.3) is 5.69 Å². The highest BCUT2D eigenvalue weighted by Gasteiger charge is 2.12. The molecule has 22 heavy (non-hydrogen) atoms. The first-order valence-electron chi connectivity index (χ1n) is 6.51. The highest BCUT2D eigenvalue weighted by atomic mass is 79.9. The van der Waals surface area contributed by atoms with Gasteiger partial charge in [0, 0.05) is 10.7 Å². The maximum absolute atomic E-state index is 12.2. The van der Waals surface area contributed by atoms with E-state index in [1.165, 1.54) is 0 Å². The molecule has 6 heteroatoms. The summed E-state index contributed by atoms with van der Waals surface area (Å²) in [5.74, 6) is -0.307. The van der Waals surface area contributed by atoms with Crippen molar-refractivity contribution in [3.05, 3.63) is 76.0 Å². The lowest BCUT2D eigenvalue weighted by Gasteiger charge is -2.06.